The van der Waals surface area contributed by atoms with Gasteiger partial charge in [0.1, 0.15) is 5.82 Å². The molecule has 2 N–H and O–H groups in total. The van der Waals surface area contributed by atoms with E-state index in [1.807, 2.05) is 30.5 Å². The van der Waals surface area contributed by atoms with Gasteiger partial charge in [0.2, 0.25) is 0 Å². The summed E-state index contributed by atoms with van der Waals surface area (Å²) in [7, 11) is 0. The van der Waals surface area contributed by atoms with Gasteiger partial charge >= 0.3 is 0 Å². The van der Waals surface area contributed by atoms with Gasteiger partial charge in [-0.15, -0.1) is 0 Å². The fourth-order valence-electron chi connectivity index (χ4n) is 2.31. The van der Waals surface area contributed by atoms with Crippen LogP contribution in [-0.2, 0) is 19.3 Å². The van der Waals surface area contributed by atoms with E-state index in [0.29, 0.717) is 0 Å². The summed E-state index contributed by atoms with van der Waals surface area (Å²) >= 11 is 0. The molecule has 3 heteroatoms. The number of nitrogen functional groups attached to an aromatic ring is 1. The quantitative estimate of drug-likeness (QED) is 0.797. The van der Waals surface area contributed by atoms with Gasteiger partial charge in [0, 0.05) is 24.0 Å². The molecule has 0 atom stereocenters. The van der Waals surface area contributed by atoms with E-state index < -0.39 is 0 Å². The van der Waals surface area contributed by atoms with Gasteiger partial charge in [0.05, 0.1) is 0 Å². The van der Waals surface area contributed by atoms with Gasteiger partial charge in [-0.25, -0.2) is 9.97 Å². The second-order valence-electron chi connectivity index (χ2n) is 4.49. The molecule has 86 valence electrons. The van der Waals surface area contributed by atoms with Crippen molar-refractivity contribution in [3.05, 3.63) is 53.1 Å². The average molecular weight is 225 g/mol. The van der Waals surface area contributed by atoms with E-state index in [1.165, 1.54) is 17.7 Å². The maximum atomic E-state index is 5.93. The Morgan fingerprint density at radius 2 is 2.06 bits per heavy atom. The number of hydrogen-bond donors (Lipinski definition) is 1. The van der Waals surface area contributed by atoms with Gasteiger partial charge in [0.15, 0.2) is 0 Å². The molecule has 3 rings (SSSR count). The molecule has 0 unspecified atom stereocenters. The predicted molar refractivity (Wildman–Crippen MR) is 67.7 cm³/mol. The highest BCUT2D eigenvalue weighted by atomic mass is 14.9. The van der Waals surface area contributed by atoms with Crippen molar-refractivity contribution in [3.63, 3.8) is 0 Å². The van der Waals surface area contributed by atoms with Crippen LogP contribution >= 0.6 is 0 Å². The highest BCUT2D eigenvalue weighted by Gasteiger charge is 2.13. The minimum absolute atomic E-state index is 0.722. The lowest BCUT2D eigenvalue weighted by Gasteiger charge is -2.05. The van der Waals surface area contributed by atoms with Crippen LogP contribution in [-0.4, -0.2) is 9.97 Å². The van der Waals surface area contributed by atoms with Gasteiger partial charge < -0.3 is 5.73 Å². The normalized spacial score (nSPS) is 13.6. The van der Waals surface area contributed by atoms with E-state index in [9.17, 15) is 0 Å². The predicted octanol–water partition coefficient (Wildman–Crippen LogP) is 2.14. The summed E-state index contributed by atoms with van der Waals surface area (Å²) < 4.78 is 0. The standard InChI is InChI=1S/C14H15N3/c15-12-6-2-1-4-10(12)8-14-16-9-11-5-3-7-13(11)17-14/h1-2,4,6,9H,3,5,7-8,15H2. The fraction of sp³-hybridized carbons (Fsp3) is 0.286. The number of nitrogens with zero attached hydrogens (tertiary/aromatic N) is 2. The van der Waals surface area contributed by atoms with Crippen LogP contribution in [0.25, 0.3) is 0 Å². The molecule has 0 spiro atoms. The Morgan fingerprint density at radius 1 is 1.18 bits per heavy atom. The Morgan fingerprint density at radius 3 is 2.94 bits per heavy atom. The van der Waals surface area contributed by atoms with Crippen molar-refractivity contribution in [3.8, 4) is 0 Å². The van der Waals surface area contributed by atoms with Crippen molar-refractivity contribution in [1.29, 1.82) is 0 Å². The number of fused-ring (bicyclic) bond motifs is 1. The van der Waals surface area contributed by atoms with Crippen molar-refractivity contribution in [2.45, 2.75) is 25.7 Å². The third-order valence-electron chi connectivity index (χ3n) is 3.27. The van der Waals surface area contributed by atoms with Crippen LogP contribution in [0, 0.1) is 0 Å². The second-order valence-corrected chi connectivity index (χ2v) is 4.49. The van der Waals surface area contributed by atoms with Crippen molar-refractivity contribution in [2.75, 3.05) is 5.73 Å². The molecule has 0 bridgehead atoms. The molecular formula is C14H15N3. The van der Waals surface area contributed by atoms with Crippen LogP contribution in [0.3, 0.4) is 0 Å². The number of benzene rings is 1. The van der Waals surface area contributed by atoms with Crippen LogP contribution < -0.4 is 5.73 Å². The van der Waals surface area contributed by atoms with Crippen LogP contribution in [0.2, 0.25) is 0 Å². The largest absolute Gasteiger partial charge is 0.398 e. The Balaban J connectivity index is 1.89. The Bertz CT molecular complexity index is 549. The molecule has 0 aliphatic heterocycles. The lowest BCUT2D eigenvalue weighted by Crippen LogP contribution is -2.02. The second kappa shape index (κ2) is 4.17. The lowest BCUT2D eigenvalue weighted by molar-refractivity contribution is 0.886. The first-order valence-corrected chi connectivity index (χ1v) is 6.00. The summed E-state index contributed by atoms with van der Waals surface area (Å²) in [6.07, 6.45) is 6.13. The fourth-order valence-corrected chi connectivity index (χ4v) is 2.31. The first-order valence-electron chi connectivity index (χ1n) is 6.00. The number of hydrogen-bond acceptors (Lipinski definition) is 3. The third-order valence-corrected chi connectivity index (χ3v) is 3.27. The van der Waals surface area contributed by atoms with Crippen LogP contribution in [0.5, 0.6) is 0 Å². The number of rotatable bonds is 2. The van der Waals surface area contributed by atoms with Gasteiger partial charge in [0.25, 0.3) is 0 Å². The van der Waals surface area contributed by atoms with Crippen molar-refractivity contribution in [2.24, 2.45) is 0 Å². The summed E-state index contributed by atoms with van der Waals surface area (Å²) in [6, 6.07) is 7.90. The molecule has 0 amide bonds. The zero-order chi connectivity index (χ0) is 11.7. The Hall–Kier alpha value is -1.90. The molecule has 1 heterocycles. The molecule has 0 saturated heterocycles. The highest BCUT2D eigenvalue weighted by Crippen LogP contribution is 2.20. The summed E-state index contributed by atoms with van der Waals surface area (Å²) in [4.78, 5) is 9.04. The van der Waals surface area contributed by atoms with E-state index in [2.05, 4.69) is 9.97 Å². The number of para-hydroxylation sites is 1. The Kier molecular flexibility index (Phi) is 2.52. The molecule has 0 fully saturated rings. The topological polar surface area (TPSA) is 51.8 Å². The monoisotopic (exact) mass is 225 g/mol. The van der Waals surface area contributed by atoms with Gasteiger partial charge in [-0.3, -0.25) is 0 Å². The van der Waals surface area contributed by atoms with E-state index in [1.54, 1.807) is 0 Å². The third kappa shape index (κ3) is 2.00. The van der Waals surface area contributed by atoms with E-state index in [-0.39, 0.29) is 0 Å². The first-order chi connectivity index (χ1) is 8.33. The minimum atomic E-state index is 0.722. The summed E-state index contributed by atoms with van der Waals surface area (Å²) in [5.74, 6) is 0.878. The average Bonchev–Trinajstić information content (AvgIpc) is 2.79. The molecule has 0 saturated carbocycles. The molecule has 1 aromatic heterocycles. The number of anilines is 1. The molecule has 3 nitrogen and oxygen atoms in total. The number of nitrogens with two attached hydrogens (primary N) is 1. The zero-order valence-electron chi connectivity index (χ0n) is 9.69. The van der Waals surface area contributed by atoms with E-state index in [4.69, 9.17) is 5.73 Å². The van der Waals surface area contributed by atoms with Crippen molar-refractivity contribution >= 4 is 5.69 Å². The summed E-state index contributed by atoms with van der Waals surface area (Å²) in [5, 5.41) is 0. The molecule has 2 aromatic rings. The molecule has 1 aliphatic carbocycles. The zero-order valence-corrected chi connectivity index (χ0v) is 9.69. The van der Waals surface area contributed by atoms with Gasteiger partial charge in [-0.2, -0.15) is 0 Å². The molecule has 0 radical (unpaired) electrons. The lowest BCUT2D eigenvalue weighted by atomic mass is 10.1. The molecule has 1 aromatic carbocycles. The van der Waals surface area contributed by atoms with Crippen LogP contribution in [0.4, 0.5) is 5.69 Å². The van der Waals surface area contributed by atoms with Gasteiger partial charge in [-0.1, -0.05) is 18.2 Å². The first kappa shape index (κ1) is 10.3. The maximum absolute atomic E-state index is 5.93. The SMILES string of the molecule is Nc1ccccc1Cc1ncc2c(n1)CCC2. The van der Waals surface area contributed by atoms with Gasteiger partial charge in [-0.05, 0) is 36.5 Å². The van der Waals surface area contributed by atoms with Crippen molar-refractivity contribution < 1.29 is 0 Å². The van der Waals surface area contributed by atoms with E-state index in [0.717, 1.165) is 36.3 Å². The summed E-state index contributed by atoms with van der Waals surface area (Å²) in [6.45, 7) is 0. The maximum Gasteiger partial charge on any atom is 0.132 e. The molecule has 1 aliphatic rings. The minimum Gasteiger partial charge on any atom is -0.398 e. The Labute approximate surface area is 101 Å². The molecule has 17 heavy (non-hydrogen) atoms. The highest BCUT2D eigenvalue weighted by molar-refractivity contribution is 5.47. The molecular weight excluding hydrogens is 210 g/mol. The van der Waals surface area contributed by atoms with Crippen molar-refractivity contribution in [1.82, 2.24) is 9.97 Å². The van der Waals surface area contributed by atoms with Crippen LogP contribution in [0.15, 0.2) is 30.5 Å². The van der Waals surface area contributed by atoms with Crippen LogP contribution in [0.1, 0.15) is 29.1 Å². The number of aryl methyl sites for hydroxylation is 2. The smallest absolute Gasteiger partial charge is 0.132 e. The number of aromatic nitrogens is 2. The van der Waals surface area contributed by atoms with E-state index >= 15 is 0 Å². The summed E-state index contributed by atoms with van der Waals surface area (Å²) in [5.41, 5.74) is 10.4.